The van der Waals surface area contributed by atoms with Crippen molar-refractivity contribution in [2.75, 3.05) is 6.61 Å². The van der Waals surface area contributed by atoms with Gasteiger partial charge in [0.2, 0.25) is 0 Å². The Kier molecular flexibility index (Phi) is 4.56. The van der Waals surface area contributed by atoms with Gasteiger partial charge in [0, 0.05) is 12.6 Å². The monoisotopic (exact) mass is 230 g/mol. The van der Waals surface area contributed by atoms with Gasteiger partial charge < -0.3 is 9.47 Å². The van der Waals surface area contributed by atoms with Gasteiger partial charge in [-0.1, -0.05) is 0 Å². The molecule has 1 amide bonds. The van der Waals surface area contributed by atoms with E-state index in [1.165, 1.54) is 0 Å². The number of hydrazine groups is 1. The molecule has 0 atom stereocenters. The summed E-state index contributed by atoms with van der Waals surface area (Å²) in [4.78, 5) is 11.3. The van der Waals surface area contributed by atoms with Crippen molar-refractivity contribution in [2.45, 2.75) is 58.3 Å². The number of hydrogen-bond donors (Lipinski definition) is 2. The van der Waals surface area contributed by atoms with Crippen molar-refractivity contribution >= 4 is 6.09 Å². The Labute approximate surface area is 96.8 Å². The van der Waals surface area contributed by atoms with E-state index in [4.69, 9.17) is 9.47 Å². The van der Waals surface area contributed by atoms with E-state index in [2.05, 4.69) is 10.9 Å². The molecule has 1 aliphatic carbocycles. The van der Waals surface area contributed by atoms with Crippen LogP contribution in [0.4, 0.5) is 4.79 Å². The van der Waals surface area contributed by atoms with Crippen LogP contribution in [0.5, 0.6) is 0 Å². The predicted molar refractivity (Wildman–Crippen MR) is 60.9 cm³/mol. The van der Waals surface area contributed by atoms with Crippen LogP contribution in [0.25, 0.3) is 0 Å². The molecule has 0 saturated heterocycles. The van der Waals surface area contributed by atoms with Crippen LogP contribution >= 0.6 is 0 Å². The summed E-state index contributed by atoms with van der Waals surface area (Å²) in [5.41, 5.74) is 5.00. The summed E-state index contributed by atoms with van der Waals surface area (Å²) >= 11 is 0. The van der Waals surface area contributed by atoms with Gasteiger partial charge in [0.1, 0.15) is 5.60 Å². The Morgan fingerprint density at radius 1 is 1.38 bits per heavy atom. The maximum Gasteiger partial charge on any atom is 0.422 e. The summed E-state index contributed by atoms with van der Waals surface area (Å²) in [7, 11) is 0. The molecule has 0 aliphatic heterocycles. The van der Waals surface area contributed by atoms with Crippen LogP contribution in [-0.4, -0.2) is 30.4 Å². The average molecular weight is 230 g/mol. The molecule has 0 aromatic heterocycles. The molecule has 0 unspecified atom stereocenters. The molecule has 0 radical (unpaired) electrons. The lowest BCUT2D eigenvalue weighted by Gasteiger charge is -2.35. The fraction of sp³-hybridized carbons (Fsp3) is 0.909. The van der Waals surface area contributed by atoms with E-state index in [1.807, 2.05) is 27.7 Å². The van der Waals surface area contributed by atoms with Crippen LogP contribution in [-0.2, 0) is 9.47 Å². The van der Waals surface area contributed by atoms with Gasteiger partial charge in [-0.15, -0.1) is 0 Å². The van der Waals surface area contributed by atoms with Gasteiger partial charge in [-0.2, -0.15) is 0 Å². The standard InChI is InChI=1S/C11H22N2O3/c1-5-15-9-6-8(7-9)12-13-10(14)16-11(2,3)4/h8-9,12H,5-7H2,1-4H3,(H,13,14). The van der Waals surface area contributed by atoms with Gasteiger partial charge in [0.05, 0.1) is 6.10 Å². The summed E-state index contributed by atoms with van der Waals surface area (Å²) in [6, 6.07) is 0.295. The molecular weight excluding hydrogens is 208 g/mol. The minimum atomic E-state index is -0.459. The van der Waals surface area contributed by atoms with E-state index in [1.54, 1.807) is 0 Å². The van der Waals surface area contributed by atoms with Crippen molar-refractivity contribution in [3.05, 3.63) is 0 Å². The number of carbonyl (C=O) groups excluding carboxylic acids is 1. The Bertz CT molecular complexity index is 232. The van der Waals surface area contributed by atoms with Gasteiger partial charge in [-0.3, -0.25) is 5.43 Å². The summed E-state index contributed by atoms with van der Waals surface area (Å²) in [6.07, 6.45) is 1.77. The third-order valence-electron chi connectivity index (χ3n) is 2.27. The smallest absolute Gasteiger partial charge is 0.422 e. The van der Waals surface area contributed by atoms with Crippen molar-refractivity contribution in [3.63, 3.8) is 0 Å². The molecule has 5 heteroatoms. The lowest BCUT2D eigenvalue weighted by Crippen LogP contribution is -2.53. The van der Waals surface area contributed by atoms with Crippen LogP contribution in [0.3, 0.4) is 0 Å². The first-order valence-electron chi connectivity index (χ1n) is 5.77. The zero-order chi connectivity index (χ0) is 12.2. The first-order valence-corrected chi connectivity index (χ1v) is 5.77. The molecule has 2 N–H and O–H groups in total. The largest absolute Gasteiger partial charge is 0.443 e. The summed E-state index contributed by atoms with van der Waals surface area (Å²) in [5.74, 6) is 0. The second-order valence-electron chi connectivity index (χ2n) is 5.02. The van der Waals surface area contributed by atoms with Crippen LogP contribution < -0.4 is 10.9 Å². The van der Waals surface area contributed by atoms with Crippen LogP contribution in [0.1, 0.15) is 40.5 Å². The molecule has 0 aromatic carbocycles. The molecule has 1 rings (SSSR count). The Hall–Kier alpha value is -0.810. The molecule has 0 aromatic rings. The van der Waals surface area contributed by atoms with E-state index in [9.17, 15) is 4.79 Å². The highest BCUT2D eigenvalue weighted by molar-refractivity contribution is 5.67. The fourth-order valence-electron chi connectivity index (χ4n) is 1.52. The van der Waals surface area contributed by atoms with E-state index >= 15 is 0 Å². The maximum atomic E-state index is 11.3. The number of hydrogen-bond acceptors (Lipinski definition) is 4. The van der Waals surface area contributed by atoms with Crippen molar-refractivity contribution in [3.8, 4) is 0 Å². The highest BCUT2D eigenvalue weighted by Crippen LogP contribution is 2.22. The normalized spacial score (nSPS) is 24.8. The second kappa shape index (κ2) is 5.50. The van der Waals surface area contributed by atoms with E-state index in [-0.39, 0.29) is 0 Å². The third-order valence-corrected chi connectivity index (χ3v) is 2.27. The SMILES string of the molecule is CCOC1CC(NNC(=O)OC(C)(C)C)C1. The Morgan fingerprint density at radius 3 is 2.50 bits per heavy atom. The summed E-state index contributed by atoms with van der Waals surface area (Å²) < 4.78 is 10.5. The van der Waals surface area contributed by atoms with Crippen LogP contribution in [0.15, 0.2) is 0 Å². The Morgan fingerprint density at radius 2 is 2.00 bits per heavy atom. The first-order chi connectivity index (χ1) is 7.40. The lowest BCUT2D eigenvalue weighted by molar-refractivity contribution is -0.0151. The number of carbonyl (C=O) groups is 1. The quantitative estimate of drug-likeness (QED) is 0.720. The molecule has 1 fully saturated rings. The summed E-state index contributed by atoms with van der Waals surface area (Å²) in [5, 5.41) is 0. The van der Waals surface area contributed by atoms with Gasteiger partial charge in [0.15, 0.2) is 0 Å². The second-order valence-corrected chi connectivity index (χ2v) is 5.02. The minimum Gasteiger partial charge on any atom is -0.443 e. The summed E-state index contributed by atoms with van der Waals surface area (Å²) in [6.45, 7) is 8.24. The number of ether oxygens (including phenoxy) is 2. The molecule has 0 bridgehead atoms. The van der Waals surface area contributed by atoms with Crippen LogP contribution in [0, 0.1) is 0 Å². The maximum absolute atomic E-state index is 11.3. The van der Waals surface area contributed by atoms with Gasteiger partial charge in [0.25, 0.3) is 0 Å². The van der Waals surface area contributed by atoms with Crippen molar-refractivity contribution in [2.24, 2.45) is 0 Å². The van der Waals surface area contributed by atoms with Gasteiger partial charge >= 0.3 is 6.09 Å². The fourth-order valence-corrected chi connectivity index (χ4v) is 1.52. The van der Waals surface area contributed by atoms with Crippen molar-refractivity contribution < 1.29 is 14.3 Å². The first kappa shape index (κ1) is 13.3. The molecule has 1 saturated carbocycles. The molecule has 16 heavy (non-hydrogen) atoms. The number of nitrogens with one attached hydrogen (secondary N) is 2. The minimum absolute atomic E-state index is 0.295. The molecular formula is C11H22N2O3. The van der Waals surface area contributed by atoms with Crippen molar-refractivity contribution in [1.29, 1.82) is 0 Å². The highest BCUT2D eigenvalue weighted by Gasteiger charge is 2.29. The average Bonchev–Trinajstić information content (AvgIpc) is 2.05. The van der Waals surface area contributed by atoms with Crippen LogP contribution in [0.2, 0.25) is 0 Å². The number of amides is 1. The Balaban J connectivity index is 2.06. The zero-order valence-electron chi connectivity index (χ0n) is 10.5. The van der Waals surface area contributed by atoms with Gasteiger partial charge in [-0.05, 0) is 40.5 Å². The number of rotatable bonds is 4. The predicted octanol–water partition coefficient (Wildman–Crippen LogP) is 1.58. The molecule has 1 aliphatic rings. The highest BCUT2D eigenvalue weighted by atomic mass is 16.6. The van der Waals surface area contributed by atoms with E-state index in [0.29, 0.717) is 12.1 Å². The van der Waals surface area contributed by atoms with E-state index < -0.39 is 11.7 Å². The molecule has 0 spiro atoms. The molecule has 5 nitrogen and oxygen atoms in total. The topological polar surface area (TPSA) is 59.6 Å². The molecule has 94 valence electrons. The third kappa shape index (κ3) is 4.81. The van der Waals surface area contributed by atoms with Gasteiger partial charge in [-0.25, -0.2) is 10.2 Å². The molecule has 0 heterocycles. The lowest BCUT2D eigenvalue weighted by atomic mass is 9.90. The van der Waals surface area contributed by atoms with E-state index in [0.717, 1.165) is 19.4 Å². The van der Waals surface area contributed by atoms with Crippen molar-refractivity contribution in [1.82, 2.24) is 10.9 Å². The zero-order valence-corrected chi connectivity index (χ0v) is 10.5.